The number of urea groups is 1. The first-order valence-corrected chi connectivity index (χ1v) is 15.5. The van der Waals surface area contributed by atoms with E-state index in [-0.39, 0.29) is 34.1 Å². The van der Waals surface area contributed by atoms with Crippen molar-refractivity contribution in [3.05, 3.63) is 62.5 Å². The summed E-state index contributed by atoms with van der Waals surface area (Å²) in [4.78, 5) is 48.2. The second-order valence-electron chi connectivity index (χ2n) is 11.8. The summed E-state index contributed by atoms with van der Waals surface area (Å²) in [5, 5.41) is 2.83. The average molecular weight is 681 g/mol. The third kappa shape index (κ3) is 6.75. The van der Waals surface area contributed by atoms with E-state index in [9.17, 15) is 27.6 Å². The molecule has 238 valence electrons. The molecular formula is C30H37BrF3N7O3. The second kappa shape index (κ2) is 12.8. The van der Waals surface area contributed by atoms with Crippen LogP contribution >= 0.6 is 15.9 Å². The average Bonchev–Trinajstić information content (AvgIpc) is 3.33. The number of aromatic amines is 1. The number of imidazole rings is 1. The van der Waals surface area contributed by atoms with Crippen LogP contribution in [0.1, 0.15) is 42.9 Å². The summed E-state index contributed by atoms with van der Waals surface area (Å²) in [7, 11) is 3.97. The molecule has 3 amide bonds. The molecule has 0 spiro atoms. The number of anilines is 1. The molecule has 0 aliphatic carbocycles. The summed E-state index contributed by atoms with van der Waals surface area (Å²) in [5.74, 6) is -0.336. The van der Waals surface area contributed by atoms with Crippen LogP contribution in [0.25, 0.3) is 11.0 Å². The van der Waals surface area contributed by atoms with Crippen molar-refractivity contribution in [2.75, 3.05) is 46.0 Å². The van der Waals surface area contributed by atoms with Gasteiger partial charge in [-0.05, 0) is 85.5 Å². The fourth-order valence-corrected chi connectivity index (χ4v) is 6.80. The van der Waals surface area contributed by atoms with E-state index in [1.807, 2.05) is 38.4 Å². The number of likely N-dealkylation sites (tertiary alicyclic amines) is 2. The number of alkyl halides is 3. The fourth-order valence-electron chi connectivity index (χ4n) is 6.29. The highest BCUT2D eigenvalue weighted by molar-refractivity contribution is 9.10. The third-order valence-corrected chi connectivity index (χ3v) is 9.43. The highest BCUT2D eigenvalue weighted by Crippen LogP contribution is 2.38. The van der Waals surface area contributed by atoms with E-state index in [0.717, 1.165) is 29.9 Å². The number of nitrogens with zero attached hydrogens (tertiary/aromatic N) is 4. The summed E-state index contributed by atoms with van der Waals surface area (Å²) in [6.45, 7) is 1.67. The molecule has 14 heteroatoms. The van der Waals surface area contributed by atoms with Crippen molar-refractivity contribution in [2.24, 2.45) is 0 Å². The Bertz CT molecular complexity index is 1570. The van der Waals surface area contributed by atoms with Gasteiger partial charge in [-0.2, -0.15) is 13.2 Å². The number of nitrogens with one attached hydrogen (secondary N) is 2. The highest BCUT2D eigenvalue weighted by atomic mass is 79.9. The molecule has 5 rings (SSSR count). The first-order chi connectivity index (χ1) is 20.8. The molecule has 3 aromatic rings. The van der Waals surface area contributed by atoms with Crippen molar-refractivity contribution < 1.29 is 22.8 Å². The Morgan fingerprint density at radius 3 is 2.34 bits per heavy atom. The van der Waals surface area contributed by atoms with Crippen LogP contribution in [0.3, 0.4) is 0 Å². The van der Waals surface area contributed by atoms with E-state index in [4.69, 9.17) is 5.73 Å². The number of amides is 3. The van der Waals surface area contributed by atoms with Gasteiger partial charge in [0.2, 0.25) is 5.91 Å². The molecule has 4 N–H and O–H groups in total. The van der Waals surface area contributed by atoms with E-state index in [1.54, 1.807) is 14.4 Å². The number of carbonyl (C=O) groups excluding carboxylic acids is 2. The van der Waals surface area contributed by atoms with Gasteiger partial charge in [0.15, 0.2) is 0 Å². The summed E-state index contributed by atoms with van der Waals surface area (Å²) < 4.78 is 42.9. The van der Waals surface area contributed by atoms with Crippen LogP contribution in [0, 0.1) is 0 Å². The Morgan fingerprint density at radius 2 is 1.70 bits per heavy atom. The molecule has 2 aliphatic rings. The van der Waals surface area contributed by atoms with Crippen LogP contribution < -0.4 is 16.7 Å². The van der Waals surface area contributed by atoms with E-state index < -0.39 is 29.5 Å². The van der Waals surface area contributed by atoms with E-state index in [2.05, 4.69) is 31.1 Å². The molecule has 2 fully saturated rings. The number of nitrogen functional groups attached to an aromatic ring is 1. The summed E-state index contributed by atoms with van der Waals surface area (Å²) in [5.41, 5.74) is 5.83. The molecule has 0 unspecified atom stereocenters. The predicted octanol–water partition coefficient (Wildman–Crippen LogP) is 4.20. The lowest BCUT2D eigenvalue weighted by Crippen LogP contribution is -2.56. The first kappa shape index (κ1) is 31.9. The van der Waals surface area contributed by atoms with Crippen LogP contribution in [-0.2, 0) is 17.4 Å². The van der Waals surface area contributed by atoms with Crippen molar-refractivity contribution >= 4 is 44.6 Å². The lowest BCUT2D eigenvalue weighted by molar-refractivity contribution is -0.137. The zero-order chi connectivity index (χ0) is 31.8. The monoisotopic (exact) mass is 679 g/mol. The largest absolute Gasteiger partial charge is 0.418 e. The number of hydrogen-bond donors (Lipinski definition) is 3. The molecule has 0 saturated carbocycles. The zero-order valence-corrected chi connectivity index (χ0v) is 26.2. The minimum absolute atomic E-state index is 0.0706. The molecule has 0 bridgehead atoms. The van der Waals surface area contributed by atoms with Crippen LogP contribution in [0.5, 0.6) is 0 Å². The Labute approximate surface area is 261 Å². The number of benzene rings is 2. The first-order valence-electron chi connectivity index (χ1n) is 14.7. The Hall–Kier alpha value is -3.52. The number of piperidine rings is 2. The van der Waals surface area contributed by atoms with Gasteiger partial charge in [0.05, 0.1) is 22.3 Å². The minimum Gasteiger partial charge on any atom is -0.397 e. The van der Waals surface area contributed by atoms with Crippen molar-refractivity contribution in [1.82, 2.24) is 29.6 Å². The molecule has 0 radical (unpaired) electrons. The van der Waals surface area contributed by atoms with Crippen molar-refractivity contribution in [1.29, 1.82) is 0 Å². The molecule has 2 saturated heterocycles. The maximum Gasteiger partial charge on any atom is 0.418 e. The maximum atomic E-state index is 13.8. The molecule has 44 heavy (non-hydrogen) atoms. The summed E-state index contributed by atoms with van der Waals surface area (Å²) >= 11 is 3.12. The molecule has 1 atom stereocenters. The number of aromatic nitrogens is 2. The number of para-hydroxylation sites is 2. The third-order valence-electron chi connectivity index (χ3n) is 8.78. The quantitative estimate of drug-likeness (QED) is 0.338. The number of halogens is 4. The summed E-state index contributed by atoms with van der Waals surface area (Å²) in [6, 6.07) is 8.50. The van der Waals surface area contributed by atoms with Gasteiger partial charge in [0, 0.05) is 49.2 Å². The van der Waals surface area contributed by atoms with E-state index >= 15 is 0 Å². The molecule has 1 aromatic heterocycles. The van der Waals surface area contributed by atoms with Gasteiger partial charge >= 0.3 is 17.9 Å². The maximum absolute atomic E-state index is 13.8. The van der Waals surface area contributed by atoms with Crippen LogP contribution in [0.2, 0.25) is 0 Å². The standard InChI is InChI=1S/C30H37BrF3N7O3/c1-38(2)19-7-11-39(12-8-19)27(42)24(17-18-15-21(30(32,33)34)26(35)22(31)16-18)37-28(43)40-13-9-20(10-14-40)41-25-6-4-3-5-23(25)36-29(41)44/h3-6,15-16,19-20,24H,7-14,17,35H2,1-2H3,(H,36,44)(H,37,43)/t24-/m1/s1. The number of H-pyrrole nitrogens is 1. The van der Waals surface area contributed by atoms with Crippen LogP contribution in [0.4, 0.5) is 23.7 Å². The normalized spacial score (nSPS) is 17.8. The van der Waals surface area contributed by atoms with Gasteiger partial charge < -0.3 is 30.7 Å². The topological polar surface area (TPSA) is 120 Å². The van der Waals surface area contributed by atoms with Crippen molar-refractivity contribution in [3.63, 3.8) is 0 Å². The molecular weight excluding hydrogens is 643 g/mol. The van der Waals surface area contributed by atoms with Gasteiger partial charge in [-0.3, -0.25) is 9.36 Å². The zero-order valence-electron chi connectivity index (χ0n) is 24.7. The number of rotatable bonds is 6. The smallest absolute Gasteiger partial charge is 0.397 e. The Kier molecular flexibility index (Phi) is 9.30. The second-order valence-corrected chi connectivity index (χ2v) is 12.7. The number of hydrogen-bond acceptors (Lipinski definition) is 5. The number of carbonyl (C=O) groups is 2. The Balaban J connectivity index is 1.32. The van der Waals surface area contributed by atoms with Gasteiger partial charge in [-0.25, -0.2) is 9.59 Å². The van der Waals surface area contributed by atoms with E-state index in [1.165, 1.54) is 6.07 Å². The van der Waals surface area contributed by atoms with Crippen LogP contribution in [-0.4, -0.2) is 88.5 Å². The lowest BCUT2D eigenvalue weighted by Gasteiger charge is -2.38. The van der Waals surface area contributed by atoms with Crippen LogP contribution in [0.15, 0.2) is 45.7 Å². The molecule has 2 aliphatic heterocycles. The minimum atomic E-state index is -4.68. The van der Waals surface area contributed by atoms with Gasteiger partial charge in [0.1, 0.15) is 6.04 Å². The number of fused-ring (bicyclic) bond motifs is 1. The van der Waals surface area contributed by atoms with Gasteiger partial charge in [0.25, 0.3) is 0 Å². The highest BCUT2D eigenvalue weighted by Gasteiger charge is 2.36. The van der Waals surface area contributed by atoms with Crippen molar-refractivity contribution in [2.45, 2.75) is 56.4 Å². The number of nitrogens with two attached hydrogens (primary N) is 1. The lowest BCUT2D eigenvalue weighted by atomic mass is 9.99. The SMILES string of the molecule is CN(C)C1CCN(C(=O)[C@@H](Cc2cc(Br)c(N)c(C(F)(F)F)c2)NC(=O)N2CCC(n3c(=O)[nH]c4ccccc43)CC2)CC1. The van der Waals surface area contributed by atoms with Gasteiger partial charge in [-0.15, -0.1) is 0 Å². The van der Waals surface area contributed by atoms with Gasteiger partial charge in [-0.1, -0.05) is 12.1 Å². The van der Waals surface area contributed by atoms with E-state index in [0.29, 0.717) is 45.1 Å². The Morgan fingerprint density at radius 1 is 1.07 bits per heavy atom. The van der Waals surface area contributed by atoms with Crippen molar-refractivity contribution in [3.8, 4) is 0 Å². The predicted molar refractivity (Wildman–Crippen MR) is 165 cm³/mol. The molecule has 2 aromatic carbocycles. The fraction of sp³-hybridized carbons (Fsp3) is 0.500. The summed E-state index contributed by atoms with van der Waals surface area (Å²) in [6.07, 6.45) is -2.24. The molecule has 3 heterocycles. The molecule has 10 nitrogen and oxygen atoms in total.